The van der Waals surface area contributed by atoms with Crippen LogP contribution >= 0.6 is 15.9 Å². The maximum Gasteiger partial charge on any atom is 0.238 e. The van der Waals surface area contributed by atoms with Crippen molar-refractivity contribution in [3.8, 4) is 0 Å². The number of hydrogen-bond acceptors (Lipinski definition) is 3. The third kappa shape index (κ3) is 2.85. The van der Waals surface area contributed by atoms with Crippen molar-refractivity contribution in [1.82, 2.24) is 0 Å². The molecule has 0 atom stereocenters. The SMILES string of the molecule is N/C(=N/O)C1(C(=O)Nc2cc(Br)c(F)cc2F)CCCC1. The van der Waals surface area contributed by atoms with Gasteiger partial charge in [0.05, 0.1) is 10.2 Å². The molecule has 4 N–H and O–H groups in total. The average molecular weight is 362 g/mol. The normalized spacial score (nSPS) is 17.8. The van der Waals surface area contributed by atoms with Crippen molar-refractivity contribution >= 4 is 33.4 Å². The highest BCUT2D eigenvalue weighted by molar-refractivity contribution is 9.10. The van der Waals surface area contributed by atoms with Crippen LogP contribution in [-0.4, -0.2) is 17.0 Å². The number of oxime groups is 1. The quantitative estimate of drug-likeness (QED) is 0.254. The van der Waals surface area contributed by atoms with Crippen LogP contribution in [0.1, 0.15) is 25.7 Å². The number of nitrogens with two attached hydrogens (primary N) is 1. The van der Waals surface area contributed by atoms with Crippen LogP contribution in [0.5, 0.6) is 0 Å². The Balaban J connectivity index is 2.30. The van der Waals surface area contributed by atoms with Gasteiger partial charge >= 0.3 is 0 Å². The van der Waals surface area contributed by atoms with E-state index in [2.05, 4.69) is 26.4 Å². The van der Waals surface area contributed by atoms with E-state index < -0.39 is 23.0 Å². The second-order valence-electron chi connectivity index (χ2n) is 4.97. The fourth-order valence-electron chi connectivity index (χ4n) is 2.53. The third-order valence-corrected chi connectivity index (χ3v) is 4.36. The number of hydrogen-bond donors (Lipinski definition) is 3. The van der Waals surface area contributed by atoms with Gasteiger partial charge in [-0.2, -0.15) is 0 Å². The Kier molecular flexibility index (Phi) is 4.46. The molecular formula is C13H14BrF2N3O2. The summed E-state index contributed by atoms with van der Waals surface area (Å²) in [7, 11) is 0. The Morgan fingerprint density at radius 3 is 2.52 bits per heavy atom. The molecule has 114 valence electrons. The molecule has 0 saturated heterocycles. The zero-order valence-electron chi connectivity index (χ0n) is 11.0. The molecule has 1 aliphatic carbocycles. The van der Waals surface area contributed by atoms with Crippen LogP contribution in [0.25, 0.3) is 0 Å². The predicted octanol–water partition coefficient (Wildman–Crippen LogP) is 2.97. The van der Waals surface area contributed by atoms with Crippen LogP contribution in [0.4, 0.5) is 14.5 Å². The van der Waals surface area contributed by atoms with E-state index in [0.717, 1.165) is 18.9 Å². The Morgan fingerprint density at radius 1 is 1.33 bits per heavy atom. The van der Waals surface area contributed by atoms with Crippen molar-refractivity contribution < 1.29 is 18.8 Å². The zero-order chi connectivity index (χ0) is 15.6. The number of benzene rings is 1. The van der Waals surface area contributed by atoms with E-state index in [0.29, 0.717) is 18.9 Å². The lowest BCUT2D eigenvalue weighted by molar-refractivity contribution is -0.122. The first-order valence-electron chi connectivity index (χ1n) is 6.35. The number of rotatable bonds is 3. The lowest BCUT2D eigenvalue weighted by Crippen LogP contribution is -2.45. The molecular weight excluding hydrogens is 348 g/mol. The molecule has 0 aliphatic heterocycles. The number of amidine groups is 1. The number of halogens is 3. The first kappa shape index (κ1) is 15.7. The Bertz CT molecular complexity index is 601. The second-order valence-corrected chi connectivity index (χ2v) is 5.83. The van der Waals surface area contributed by atoms with Gasteiger partial charge in [0.2, 0.25) is 5.91 Å². The van der Waals surface area contributed by atoms with E-state index in [1.165, 1.54) is 0 Å². The van der Waals surface area contributed by atoms with Crippen molar-refractivity contribution in [1.29, 1.82) is 0 Å². The van der Waals surface area contributed by atoms with Gasteiger partial charge in [0.15, 0.2) is 5.84 Å². The van der Waals surface area contributed by atoms with Gasteiger partial charge in [0, 0.05) is 6.07 Å². The molecule has 0 bridgehead atoms. The van der Waals surface area contributed by atoms with Crippen LogP contribution in [0.2, 0.25) is 0 Å². The van der Waals surface area contributed by atoms with Crippen LogP contribution in [0.3, 0.4) is 0 Å². The number of nitrogens with zero attached hydrogens (tertiary/aromatic N) is 1. The summed E-state index contributed by atoms with van der Waals surface area (Å²) in [6, 6.07) is 1.81. The summed E-state index contributed by atoms with van der Waals surface area (Å²) in [6.07, 6.45) is 2.33. The molecule has 1 fully saturated rings. The molecule has 0 radical (unpaired) electrons. The van der Waals surface area contributed by atoms with Crippen molar-refractivity contribution in [2.45, 2.75) is 25.7 Å². The molecule has 0 unspecified atom stereocenters. The Morgan fingerprint density at radius 2 is 1.95 bits per heavy atom. The van der Waals surface area contributed by atoms with Gasteiger partial charge in [0.1, 0.15) is 17.0 Å². The Labute approximate surface area is 128 Å². The summed E-state index contributed by atoms with van der Waals surface area (Å²) >= 11 is 2.93. The van der Waals surface area contributed by atoms with E-state index >= 15 is 0 Å². The maximum atomic E-state index is 13.7. The number of anilines is 1. The fraction of sp³-hybridized carbons (Fsp3) is 0.385. The highest BCUT2D eigenvalue weighted by atomic mass is 79.9. The van der Waals surface area contributed by atoms with Gasteiger partial charge in [-0.1, -0.05) is 18.0 Å². The molecule has 0 aromatic heterocycles. The molecule has 1 aromatic rings. The van der Waals surface area contributed by atoms with Gasteiger partial charge in [-0.3, -0.25) is 4.79 Å². The van der Waals surface area contributed by atoms with Crippen molar-refractivity contribution in [2.24, 2.45) is 16.3 Å². The summed E-state index contributed by atoms with van der Waals surface area (Å²) in [5.41, 5.74) is 4.32. The smallest absolute Gasteiger partial charge is 0.238 e. The minimum Gasteiger partial charge on any atom is -0.409 e. The molecule has 1 saturated carbocycles. The van der Waals surface area contributed by atoms with Gasteiger partial charge in [-0.15, -0.1) is 0 Å². The summed E-state index contributed by atoms with van der Waals surface area (Å²) in [5, 5.41) is 14.2. The van der Waals surface area contributed by atoms with Crippen LogP contribution < -0.4 is 11.1 Å². The number of carbonyl (C=O) groups excluding carboxylic acids is 1. The molecule has 5 nitrogen and oxygen atoms in total. The lowest BCUT2D eigenvalue weighted by Gasteiger charge is -2.26. The molecule has 8 heteroatoms. The fourth-order valence-corrected chi connectivity index (χ4v) is 2.88. The van der Waals surface area contributed by atoms with Crippen molar-refractivity contribution in [3.05, 3.63) is 28.2 Å². The standard InChI is InChI=1S/C13H14BrF2N3O2/c14-7-5-10(9(16)6-8(7)15)18-12(20)13(11(17)19-21)3-1-2-4-13/h5-6,21H,1-4H2,(H2,17,19)(H,18,20). The van der Waals surface area contributed by atoms with Gasteiger partial charge in [-0.25, -0.2) is 8.78 Å². The maximum absolute atomic E-state index is 13.7. The molecule has 0 heterocycles. The summed E-state index contributed by atoms with van der Waals surface area (Å²) in [6.45, 7) is 0. The first-order chi connectivity index (χ1) is 9.90. The summed E-state index contributed by atoms with van der Waals surface area (Å²) in [5.74, 6) is -2.42. The molecule has 1 amide bonds. The van der Waals surface area contributed by atoms with Crippen LogP contribution in [0, 0.1) is 17.0 Å². The van der Waals surface area contributed by atoms with Crippen molar-refractivity contribution in [3.63, 3.8) is 0 Å². The van der Waals surface area contributed by atoms with Crippen LogP contribution in [-0.2, 0) is 4.79 Å². The third-order valence-electron chi connectivity index (χ3n) is 3.75. The van der Waals surface area contributed by atoms with E-state index in [1.807, 2.05) is 0 Å². The summed E-state index contributed by atoms with van der Waals surface area (Å²) < 4.78 is 26.9. The molecule has 0 spiro atoms. The zero-order valence-corrected chi connectivity index (χ0v) is 12.6. The second kappa shape index (κ2) is 5.97. The average Bonchev–Trinajstić information content (AvgIpc) is 2.94. The van der Waals surface area contributed by atoms with E-state index in [1.54, 1.807) is 0 Å². The predicted molar refractivity (Wildman–Crippen MR) is 77.0 cm³/mol. The monoisotopic (exact) mass is 361 g/mol. The molecule has 1 aromatic carbocycles. The van der Waals surface area contributed by atoms with Crippen LogP contribution in [0.15, 0.2) is 21.8 Å². The van der Waals surface area contributed by atoms with E-state index in [-0.39, 0.29) is 16.0 Å². The lowest BCUT2D eigenvalue weighted by atomic mass is 9.83. The van der Waals surface area contributed by atoms with E-state index in [9.17, 15) is 13.6 Å². The first-order valence-corrected chi connectivity index (χ1v) is 7.14. The molecule has 21 heavy (non-hydrogen) atoms. The number of carbonyl (C=O) groups is 1. The molecule has 1 aliphatic rings. The van der Waals surface area contributed by atoms with Gasteiger partial charge < -0.3 is 16.3 Å². The minimum absolute atomic E-state index is 0.0310. The molecule has 2 rings (SSSR count). The topological polar surface area (TPSA) is 87.7 Å². The van der Waals surface area contributed by atoms with Gasteiger partial charge in [-0.05, 0) is 34.8 Å². The summed E-state index contributed by atoms with van der Waals surface area (Å²) in [4.78, 5) is 12.4. The van der Waals surface area contributed by atoms with Crippen molar-refractivity contribution in [2.75, 3.05) is 5.32 Å². The highest BCUT2D eigenvalue weighted by Gasteiger charge is 2.45. The largest absolute Gasteiger partial charge is 0.409 e. The Hall–Kier alpha value is -1.70. The number of amides is 1. The number of nitrogens with one attached hydrogen (secondary N) is 1. The van der Waals surface area contributed by atoms with Gasteiger partial charge in [0.25, 0.3) is 0 Å². The van der Waals surface area contributed by atoms with E-state index in [4.69, 9.17) is 10.9 Å². The highest BCUT2D eigenvalue weighted by Crippen LogP contribution is 2.39. The minimum atomic E-state index is -1.15.